The van der Waals surface area contributed by atoms with Crippen molar-refractivity contribution in [2.75, 3.05) is 0 Å². The van der Waals surface area contributed by atoms with Gasteiger partial charge < -0.3 is 5.11 Å². The van der Waals surface area contributed by atoms with Crippen molar-refractivity contribution in [2.24, 2.45) is 4.99 Å². The molecule has 14 heteroatoms. The summed E-state index contributed by atoms with van der Waals surface area (Å²) in [5.41, 5.74) is -2.53. The molecule has 0 aromatic heterocycles. The van der Waals surface area contributed by atoms with Gasteiger partial charge in [0, 0.05) is 0 Å². The molecule has 0 atom stereocenters. The average Bonchev–Trinajstić information content (AvgIpc) is 2.38. The number of amidine groups is 1. The molecule has 1 aromatic carbocycles. The number of rotatable bonds is 2. The van der Waals surface area contributed by atoms with Crippen LogP contribution in [0.4, 0.5) is 45.6 Å². The third-order valence-corrected chi connectivity index (χ3v) is 3.02. The Bertz CT molecular complexity index is 692. The molecule has 1 rings (SSSR count). The number of nitrogens with one attached hydrogen (secondary N) is 1. The smallest absolute Gasteiger partial charge is 0.461 e. The van der Waals surface area contributed by atoms with Crippen molar-refractivity contribution in [3.63, 3.8) is 0 Å². The Labute approximate surface area is 143 Å². The van der Waals surface area contributed by atoms with Crippen molar-refractivity contribution < 1.29 is 45.0 Å². The van der Waals surface area contributed by atoms with E-state index in [0.29, 0.717) is 0 Å². The lowest BCUT2D eigenvalue weighted by Crippen LogP contribution is -2.51. The fraction of sp³-hybridized carbons (Fsp3) is 0.273. The topological polar surface area (TPSA) is 61.7 Å². The Kier molecular flexibility index (Phi) is 5.79. The second-order valence-electron chi connectivity index (χ2n) is 4.25. The number of hydrogen-bond donors (Lipinski definition) is 2. The molecular formula is C11H4Cl2F8N2O2. The monoisotopic (exact) mass is 418 g/mol. The lowest BCUT2D eigenvalue weighted by molar-refractivity contribution is -0.250. The molecular weight excluding hydrogens is 415 g/mol. The van der Waals surface area contributed by atoms with Crippen molar-refractivity contribution in [1.29, 1.82) is 0 Å². The summed E-state index contributed by atoms with van der Waals surface area (Å²) in [6.45, 7) is 0. The summed E-state index contributed by atoms with van der Waals surface area (Å²) in [7, 11) is 0. The summed E-state index contributed by atoms with van der Waals surface area (Å²) in [5, 5.41) is 7.05. The van der Waals surface area contributed by atoms with E-state index in [1.54, 1.807) is 0 Å². The molecule has 0 aliphatic rings. The van der Waals surface area contributed by atoms with Gasteiger partial charge >= 0.3 is 24.4 Å². The van der Waals surface area contributed by atoms with Gasteiger partial charge in [0.15, 0.2) is 5.84 Å². The largest absolute Gasteiger partial charge is 0.465 e. The molecule has 25 heavy (non-hydrogen) atoms. The highest BCUT2D eigenvalue weighted by molar-refractivity contribution is 6.39. The van der Waals surface area contributed by atoms with Crippen LogP contribution in [-0.2, 0) is 6.18 Å². The summed E-state index contributed by atoms with van der Waals surface area (Å²) in [6, 6.07) is 0.354. The maximum Gasteiger partial charge on any atom is 0.461 e. The van der Waals surface area contributed by atoms with E-state index < -0.39 is 51.5 Å². The van der Waals surface area contributed by atoms with Crippen LogP contribution in [-0.4, -0.2) is 29.1 Å². The molecule has 0 saturated heterocycles. The number of carbonyl (C=O) groups is 1. The molecule has 2 N–H and O–H groups in total. The first-order valence-electron chi connectivity index (χ1n) is 5.67. The summed E-state index contributed by atoms with van der Waals surface area (Å²) >= 11 is 10.8. The van der Waals surface area contributed by atoms with E-state index in [0.717, 1.165) is 5.32 Å². The Balaban J connectivity index is 3.57. The molecule has 0 fully saturated rings. The van der Waals surface area contributed by atoms with Crippen molar-refractivity contribution >= 4 is 40.8 Å². The minimum absolute atomic E-state index is 0.177. The molecule has 1 aromatic rings. The summed E-state index contributed by atoms with van der Waals surface area (Å²) in [5.74, 6) is -8.21. The van der Waals surface area contributed by atoms with E-state index in [2.05, 4.69) is 4.99 Å². The highest BCUT2D eigenvalue weighted by Gasteiger charge is 2.62. The number of halogens is 10. The number of aliphatic imine (C=N–C) groups is 1. The summed E-state index contributed by atoms with van der Waals surface area (Å²) < 4.78 is 101. The van der Waals surface area contributed by atoms with Crippen LogP contribution in [0.2, 0.25) is 10.0 Å². The number of amides is 1. The van der Waals surface area contributed by atoms with Crippen LogP contribution in [0.5, 0.6) is 0 Å². The van der Waals surface area contributed by atoms with Gasteiger partial charge in [0.25, 0.3) is 0 Å². The fourth-order valence-corrected chi connectivity index (χ4v) is 1.93. The van der Waals surface area contributed by atoms with Gasteiger partial charge in [-0.1, -0.05) is 23.2 Å². The van der Waals surface area contributed by atoms with Crippen LogP contribution < -0.4 is 5.32 Å². The molecule has 0 bridgehead atoms. The molecule has 1 amide bonds. The second-order valence-corrected chi connectivity index (χ2v) is 5.06. The van der Waals surface area contributed by atoms with E-state index in [9.17, 15) is 39.9 Å². The zero-order valence-corrected chi connectivity index (χ0v) is 12.7. The number of alkyl halides is 8. The van der Waals surface area contributed by atoms with Crippen LogP contribution in [0.1, 0.15) is 5.56 Å². The van der Waals surface area contributed by atoms with Crippen molar-refractivity contribution in [1.82, 2.24) is 5.32 Å². The van der Waals surface area contributed by atoms with E-state index in [1.165, 1.54) is 0 Å². The number of carboxylic acid groups (broad SMARTS) is 1. The van der Waals surface area contributed by atoms with Crippen molar-refractivity contribution in [3.8, 4) is 0 Å². The zero-order chi connectivity index (χ0) is 19.8. The van der Waals surface area contributed by atoms with E-state index in [4.69, 9.17) is 28.3 Å². The summed E-state index contributed by atoms with van der Waals surface area (Å²) in [4.78, 5) is 13.1. The molecule has 0 unspecified atom stereocenters. The second kappa shape index (κ2) is 6.83. The van der Waals surface area contributed by atoms with Crippen LogP contribution in [0.25, 0.3) is 0 Å². The molecule has 0 radical (unpaired) electrons. The van der Waals surface area contributed by atoms with Crippen LogP contribution in [0.3, 0.4) is 0 Å². The number of hydrogen-bond acceptors (Lipinski definition) is 2. The Morgan fingerprint density at radius 3 is 1.76 bits per heavy atom. The van der Waals surface area contributed by atoms with Crippen LogP contribution in [0.15, 0.2) is 17.1 Å². The Morgan fingerprint density at radius 1 is 1.00 bits per heavy atom. The fourth-order valence-electron chi connectivity index (χ4n) is 1.36. The Hall–Kier alpha value is -1.82. The van der Waals surface area contributed by atoms with Crippen molar-refractivity contribution in [2.45, 2.75) is 18.3 Å². The van der Waals surface area contributed by atoms with Gasteiger partial charge in [-0.05, 0) is 12.1 Å². The quantitative estimate of drug-likeness (QED) is 0.378. The minimum atomic E-state index is -6.25. The third kappa shape index (κ3) is 4.84. The Morgan fingerprint density at radius 2 is 1.44 bits per heavy atom. The standard InChI is InChI=1S/C11H4Cl2F8N2O2/c12-4-1-3(10(16,17)18)2-5(13)6(4)22-7(23-8(24)25)9(14,15)11(19,20)21/h1-2H,(H,22,23)(H,24,25). The van der Waals surface area contributed by atoms with Crippen LogP contribution >= 0.6 is 23.2 Å². The van der Waals surface area contributed by atoms with Gasteiger partial charge in [-0.2, -0.15) is 35.1 Å². The molecule has 0 aliphatic carbocycles. The molecule has 0 aliphatic heterocycles. The molecule has 140 valence electrons. The lowest BCUT2D eigenvalue weighted by atomic mass is 10.2. The lowest BCUT2D eigenvalue weighted by Gasteiger charge is -2.21. The van der Waals surface area contributed by atoms with Gasteiger partial charge in [0.1, 0.15) is 5.69 Å². The highest BCUT2D eigenvalue weighted by Crippen LogP contribution is 2.42. The van der Waals surface area contributed by atoms with Gasteiger partial charge in [0.2, 0.25) is 0 Å². The summed E-state index contributed by atoms with van der Waals surface area (Å²) in [6.07, 6.45) is -13.5. The SMILES string of the molecule is O=C(O)NC(=Nc1c(Cl)cc(C(F)(F)F)cc1Cl)C(F)(F)C(F)(F)F. The van der Waals surface area contributed by atoms with E-state index in [1.807, 2.05) is 0 Å². The predicted octanol–water partition coefficient (Wildman–Crippen LogP) is 5.51. The maximum atomic E-state index is 13.3. The van der Waals surface area contributed by atoms with Crippen molar-refractivity contribution in [3.05, 3.63) is 27.7 Å². The van der Waals surface area contributed by atoms with Gasteiger partial charge in [-0.25, -0.2) is 9.79 Å². The minimum Gasteiger partial charge on any atom is -0.465 e. The normalized spacial score (nSPS) is 13.8. The highest BCUT2D eigenvalue weighted by atomic mass is 35.5. The first kappa shape index (κ1) is 21.2. The molecule has 4 nitrogen and oxygen atoms in total. The predicted molar refractivity (Wildman–Crippen MR) is 70.7 cm³/mol. The average molecular weight is 419 g/mol. The zero-order valence-electron chi connectivity index (χ0n) is 11.2. The number of benzene rings is 1. The van der Waals surface area contributed by atoms with Gasteiger partial charge in [-0.15, -0.1) is 0 Å². The molecule has 0 heterocycles. The van der Waals surface area contributed by atoms with Crippen LogP contribution in [0, 0.1) is 0 Å². The van der Waals surface area contributed by atoms with Gasteiger partial charge in [-0.3, -0.25) is 5.32 Å². The van der Waals surface area contributed by atoms with E-state index >= 15 is 0 Å². The van der Waals surface area contributed by atoms with Gasteiger partial charge in [0.05, 0.1) is 15.6 Å². The third-order valence-electron chi connectivity index (χ3n) is 2.45. The first-order chi connectivity index (χ1) is 11.1. The van der Waals surface area contributed by atoms with E-state index in [-0.39, 0.29) is 12.1 Å². The maximum absolute atomic E-state index is 13.3. The molecule has 0 spiro atoms. The number of nitrogens with zero attached hydrogens (tertiary/aromatic N) is 1. The molecule has 0 saturated carbocycles. The first-order valence-corrected chi connectivity index (χ1v) is 6.43.